The number of hydrogen-bond acceptors (Lipinski definition) is 3. The van der Waals surface area contributed by atoms with Crippen molar-refractivity contribution in [3.8, 4) is 5.75 Å². The van der Waals surface area contributed by atoms with Gasteiger partial charge in [0.05, 0.1) is 6.21 Å². The van der Waals surface area contributed by atoms with E-state index < -0.39 is 0 Å². The van der Waals surface area contributed by atoms with Crippen molar-refractivity contribution in [2.75, 3.05) is 0 Å². The lowest BCUT2D eigenvalue weighted by atomic mass is 9.96. The molecule has 1 aromatic rings. The van der Waals surface area contributed by atoms with Crippen LogP contribution in [0.1, 0.15) is 31.2 Å². The lowest BCUT2D eigenvalue weighted by Gasteiger charge is -2.23. The maximum absolute atomic E-state index is 9.71. The fourth-order valence-corrected chi connectivity index (χ4v) is 3.99. The highest BCUT2D eigenvalue weighted by Crippen LogP contribution is 2.44. The molecule has 0 aliphatic heterocycles. The SMILES string of the molecule is Oc1ccc(Br)cc1/C=N/NC(=S)N[C@@H]1C[C@H]2CC[C@@H]1C2. The molecular weight excluding hydrogens is 350 g/mol. The van der Waals surface area contributed by atoms with E-state index in [0.717, 1.165) is 16.3 Å². The zero-order valence-corrected chi connectivity index (χ0v) is 14.0. The van der Waals surface area contributed by atoms with Gasteiger partial charge in [0.1, 0.15) is 5.75 Å². The van der Waals surface area contributed by atoms with Crippen molar-refractivity contribution in [2.45, 2.75) is 31.7 Å². The molecule has 0 aromatic heterocycles. The molecule has 2 fully saturated rings. The van der Waals surface area contributed by atoms with Crippen molar-refractivity contribution in [3.63, 3.8) is 0 Å². The number of nitrogens with one attached hydrogen (secondary N) is 2. The Bertz CT molecular complexity index is 578. The van der Waals surface area contributed by atoms with Gasteiger partial charge in [0, 0.05) is 16.1 Å². The number of fused-ring (bicyclic) bond motifs is 2. The van der Waals surface area contributed by atoms with Gasteiger partial charge in [-0.3, -0.25) is 5.43 Å². The Kier molecular flexibility index (Phi) is 4.45. The highest BCUT2D eigenvalue weighted by Gasteiger charge is 2.39. The van der Waals surface area contributed by atoms with Gasteiger partial charge < -0.3 is 10.4 Å². The van der Waals surface area contributed by atoms with E-state index in [-0.39, 0.29) is 5.75 Å². The minimum absolute atomic E-state index is 0.190. The molecule has 3 rings (SSSR count). The molecule has 0 amide bonds. The summed E-state index contributed by atoms with van der Waals surface area (Å²) < 4.78 is 0.893. The number of phenolic OH excluding ortho intramolecular Hbond substituents is 1. The van der Waals surface area contributed by atoms with Crippen molar-refractivity contribution >= 4 is 39.5 Å². The molecule has 0 saturated heterocycles. The van der Waals surface area contributed by atoms with Crippen LogP contribution in [0.3, 0.4) is 0 Å². The van der Waals surface area contributed by atoms with Crippen LogP contribution in [0, 0.1) is 11.8 Å². The van der Waals surface area contributed by atoms with Crippen LogP contribution in [0.25, 0.3) is 0 Å². The molecule has 0 spiro atoms. The number of phenols is 1. The fraction of sp³-hybridized carbons (Fsp3) is 0.467. The molecule has 21 heavy (non-hydrogen) atoms. The molecule has 3 atom stereocenters. The Labute approximate surface area is 138 Å². The Morgan fingerprint density at radius 1 is 1.38 bits per heavy atom. The summed E-state index contributed by atoms with van der Waals surface area (Å²) in [6.45, 7) is 0. The Balaban J connectivity index is 1.51. The van der Waals surface area contributed by atoms with E-state index in [2.05, 4.69) is 31.8 Å². The monoisotopic (exact) mass is 367 g/mol. The second-order valence-corrected chi connectivity index (χ2v) is 7.15. The largest absolute Gasteiger partial charge is 0.507 e. The topological polar surface area (TPSA) is 56.7 Å². The number of nitrogens with zero attached hydrogens (tertiary/aromatic N) is 1. The van der Waals surface area contributed by atoms with Crippen molar-refractivity contribution in [1.82, 2.24) is 10.7 Å². The van der Waals surface area contributed by atoms with Gasteiger partial charge in [-0.2, -0.15) is 5.10 Å². The summed E-state index contributed by atoms with van der Waals surface area (Å²) >= 11 is 8.64. The summed E-state index contributed by atoms with van der Waals surface area (Å²) in [5.74, 6) is 1.85. The smallest absolute Gasteiger partial charge is 0.187 e. The number of hydrazone groups is 1. The maximum atomic E-state index is 9.71. The minimum atomic E-state index is 0.190. The Morgan fingerprint density at radius 3 is 2.95 bits per heavy atom. The predicted molar refractivity (Wildman–Crippen MR) is 91.5 cm³/mol. The maximum Gasteiger partial charge on any atom is 0.187 e. The second-order valence-electron chi connectivity index (χ2n) is 5.83. The van der Waals surface area contributed by atoms with E-state index in [4.69, 9.17) is 12.2 Å². The third-order valence-electron chi connectivity index (χ3n) is 4.41. The minimum Gasteiger partial charge on any atom is -0.507 e. The van der Waals surface area contributed by atoms with E-state index in [0.29, 0.717) is 16.7 Å². The third-order valence-corrected chi connectivity index (χ3v) is 5.12. The summed E-state index contributed by atoms with van der Waals surface area (Å²) in [5.41, 5.74) is 3.47. The Hall–Kier alpha value is -1.14. The fourth-order valence-electron chi connectivity index (χ4n) is 3.41. The van der Waals surface area contributed by atoms with Crippen LogP contribution in [0.15, 0.2) is 27.8 Å². The van der Waals surface area contributed by atoms with Crippen LogP contribution in [0.4, 0.5) is 0 Å². The van der Waals surface area contributed by atoms with Gasteiger partial charge in [-0.05, 0) is 61.5 Å². The molecule has 4 nitrogen and oxygen atoms in total. The normalized spacial score (nSPS) is 27.2. The van der Waals surface area contributed by atoms with Crippen LogP contribution >= 0.6 is 28.1 Å². The lowest BCUT2D eigenvalue weighted by molar-refractivity contribution is 0.389. The highest BCUT2D eigenvalue weighted by atomic mass is 79.9. The lowest BCUT2D eigenvalue weighted by Crippen LogP contribution is -2.42. The Morgan fingerprint density at radius 2 is 2.24 bits per heavy atom. The van der Waals surface area contributed by atoms with Crippen LogP contribution in [-0.2, 0) is 0 Å². The van der Waals surface area contributed by atoms with Gasteiger partial charge in [-0.1, -0.05) is 22.4 Å². The van der Waals surface area contributed by atoms with Crippen molar-refractivity contribution < 1.29 is 5.11 Å². The van der Waals surface area contributed by atoms with Gasteiger partial charge in [-0.15, -0.1) is 0 Å². The first-order valence-corrected chi connectivity index (χ1v) is 8.40. The molecule has 0 radical (unpaired) electrons. The molecule has 2 aliphatic carbocycles. The van der Waals surface area contributed by atoms with Gasteiger partial charge in [-0.25, -0.2) is 0 Å². The van der Waals surface area contributed by atoms with Crippen molar-refractivity contribution in [2.24, 2.45) is 16.9 Å². The average Bonchev–Trinajstić information content (AvgIpc) is 3.05. The molecule has 2 bridgehead atoms. The number of thiocarbonyl (C=S) groups is 1. The molecular formula is C15H18BrN3OS. The van der Waals surface area contributed by atoms with Crippen molar-refractivity contribution in [1.29, 1.82) is 0 Å². The van der Waals surface area contributed by atoms with E-state index in [1.165, 1.54) is 25.7 Å². The van der Waals surface area contributed by atoms with Crippen LogP contribution in [0.5, 0.6) is 5.75 Å². The van der Waals surface area contributed by atoms with Crippen LogP contribution in [0.2, 0.25) is 0 Å². The third kappa shape index (κ3) is 3.55. The van der Waals surface area contributed by atoms with Gasteiger partial charge in [0.25, 0.3) is 0 Å². The summed E-state index contributed by atoms with van der Waals surface area (Å²) in [4.78, 5) is 0. The van der Waals surface area contributed by atoms with E-state index in [9.17, 15) is 5.11 Å². The van der Waals surface area contributed by atoms with Crippen LogP contribution < -0.4 is 10.7 Å². The molecule has 2 saturated carbocycles. The summed E-state index contributed by atoms with van der Waals surface area (Å²) in [5, 5.41) is 17.7. The standard InChI is InChI=1S/C15H18BrN3OS/c16-12-3-4-14(20)11(7-12)8-17-19-15(21)18-13-6-9-1-2-10(13)5-9/h3-4,7-10,13,20H,1-2,5-6H2,(H2,18,19,21)/b17-8+/t9-,10+,13+/m0/s1. The first-order chi connectivity index (χ1) is 10.1. The first kappa shape index (κ1) is 14.8. The number of halogens is 1. The molecule has 0 heterocycles. The van der Waals surface area contributed by atoms with Gasteiger partial charge in [0.15, 0.2) is 5.11 Å². The molecule has 1 aromatic carbocycles. The number of rotatable bonds is 3. The summed E-state index contributed by atoms with van der Waals surface area (Å²) in [6, 6.07) is 5.70. The highest BCUT2D eigenvalue weighted by molar-refractivity contribution is 9.10. The van der Waals surface area contributed by atoms with E-state index in [1.807, 2.05) is 0 Å². The van der Waals surface area contributed by atoms with Crippen LogP contribution in [-0.4, -0.2) is 22.5 Å². The number of benzene rings is 1. The number of hydrogen-bond donors (Lipinski definition) is 3. The van der Waals surface area contributed by atoms with Gasteiger partial charge in [0.2, 0.25) is 0 Å². The molecule has 6 heteroatoms. The molecule has 0 unspecified atom stereocenters. The average molecular weight is 368 g/mol. The molecule has 2 aliphatic rings. The zero-order chi connectivity index (χ0) is 14.8. The van der Waals surface area contributed by atoms with E-state index >= 15 is 0 Å². The predicted octanol–water partition coefficient (Wildman–Crippen LogP) is 3.14. The second kappa shape index (κ2) is 6.32. The molecule has 112 valence electrons. The zero-order valence-electron chi connectivity index (χ0n) is 11.6. The quantitative estimate of drug-likeness (QED) is 0.436. The van der Waals surface area contributed by atoms with Gasteiger partial charge >= 0.3 is 0 Å². The summed E-state index contributed by atoms with van der Waals surface area (Å²) in [6.07, 6.45) is 6.83. The van der Waals surface area contributed by atoms with E-state index in [1.54, 1.807) is 24.4 Å². The first-order valence-electron chi connectivity index (χ1n) is 7.20. The van der Waals surface area contributed by atoms with Crippen molar-refractivity contribution in [3.05, 3.63) is 28.2 Å². The molecule has 3 N–H and O–H groups in total. The summed E-state index contributed by atoms with van der Waals surface area (Å²) in [7, 11) is 0. The number of aromatic hydroxyl groups is 1.